The number of ether oxygens (including phenoxy) is 1. The van der Waals surface area contributed by atoms with Gasteiger partial charge in [0.2, 0.25) is 0 Å². The number of nitrogens with one attached hydrogen (secondary N) is 1. The van der Waals surface area contributed by atoms with Gasteiger partial charge in [0, 0.05) is 24.5 Å². The van der Waals surface area contributed by atoms with E-state index in [9.17, 15) is 9.59 Å². The molecule has 5 nitrogen and oxygen atoms in total. The third-order valence-electron chi connectivity index (χ3n) is 6.02. The van der Waals surface area contributed by atoms with Gasteiger partial charge in [-0.2, -0.15) is 0 Å². The fourth-order valence-electron chi connectivity index (χ4n) is 4.95. The third-order valence-corrected chi connectivity index (χ3v) is 6.02. The summed E-state index contributed by atoms with van der Waals surface area (Å²) in [5.74, 6) is 1.09. The molecule has 1 saturated heterocycles. The van der Waals surface area contributed by atoms with Crippen LogP contribution in [0.5, 0.6) is 0 Å². The topological polar surface area (TPSA) is 58.6 Å². The number of carbonyl (C=O) groups is 2. The summed E-state index contributed by atoms with van der Waals surface area (Å²) in [6, 6.07) is 10.4. The standard InChI is InChI=1S/C20H24N2O3/c1-22-18-10-7-14(23)11-16(18)15-8-9-17(19(15)22)21-20(24)25-12-13-5-3-2-4-6-13/h2-7,10,15-19H,8-9,11-12H2,1H3,(H,21,24). The van der Waals surface area contributed by atoms with E-state index in [4.69, 9.17) is 4.74 Å². The van der Waals surface area contributed by atoms with Crippen molar-refractivity contribution in [3.63, 3.8) is 0 Å². The molecule has 1 aromatic rings. The van der Waals surface area contributed by atoms with E-state index in [1.165, 1.54) is 0 Å². The maximum atomic E-state index is 12.2. The number of fused-ring (bicyclic) bond motifs is 3. The molecule has 2 fully saturated rings. The number of ketones is 1. The van der Waals surface area contributed by atoms with Crippen molar-refractivity contribution >= 4 is 11.9 Å². The number of hydrogen-bond acceptors (Lipinski definition) is 4. The number of carbonyl (C=O) groups excluding carboxylic acids is 2. The Bertz CT molecular complexity index is 687. The van der Waals surface area contributed by atoms with E-state index < -0.39 is 0 Å². The molecule has 0 radical (unpaired) electrons. The first-order valence-electron chi connectivity index (χ1n) is 9.03. The van der Waals surface area contributed by atoms with E-state index in [1.807, 2.05) is 36.4 Å². The molecule has 1 heterocycles. The zero-order chi connectivity index (χ0) is 17.4. The Balaban J connectivity index is 1.37. The minimum Gasteiger partial charge on any atom is -0.445 e. The molecule has 4 rings (SSSR count). The molecule has 5 atom stereocenters. The van der Waals surface area contributed by atoms with Crippen molar-refractivity contribution in [2.24, 2.45) is 11.8 Å². The highest BCUT2D eigenvalue weighted by Crippen LogP contribution is 2.47. The first kappa shape index (κ1) is 16.3. The average molecular weight is 340 g/mol. The smallest absolute Gasteiger partial charge is 0.407 e. The molecule has 132 valence electrons. The molecule has 2 aliphatic carbocycles. The first-order chi connectivity index (χ1) is 12.1. The van der Waals surface area contributed by atoms with Crippen LogP contribution in [-0.4, -0.2) is 41.9 Å². The number of rotatable bonds is 3. The van der Waals surface area contributed by atoms with Crippen molar-refractivity contribution in [1.29, 1.82) is 0 Å². The lowest BCUT2D eigenvalue weighted by Gasteiger charge is -2.30. The molecule has 0 spiro atoms. The highest BCUT2D eigenvalue weighted by atomic mass is 16.5. The molecule has 5 unspecified atom stereocenters. The number of nitrogens with zero attached hydrogens (tertiary/aromatic N) is 1. The summed E-state index contributed by atoms with van der Waals surface area (Å²) >= 11 is 0. The summed E-state index contributed by atoms with van der Waals surface area (Å²) in [4.78, 5) is 26.3. The van der Waals surface area contributed by atoms with Gasteiger partial charge in [0.1, 0.15) is 6.61 Å². The van der Waals surface area contributed by atoms with Crippen LogP contribution in [0, 0.1) is 11.8 Å². The van der Waals surface area contributed by atoms with Gasteiger partial charge in [-0.15, -0.1) is 0 Å². The number of hydrogen-bond donors (Lipinski definition) is 1. The lowest BCUT2D eigenvalue weighted by atomic mass is 9.81. The van der Waals surface area contributed by atoms with Gasteiger partial charge in [-0.05, 0) is 43.4 Å². The molecule has 1 amide bonds. The fraction of sp³-hybridized carbons (Fsp3) is 0.500. The van der Waals surface area contributed by atoms with Crippen molar-refractivity contribution in [3.05, 3.63) is 48.0 Å². The van der Waals surface area contributed by atoms with Gasteiger partial charge in [0.15, 0.2) is 5.78 Å². The van der Waals surface area contributed by atoms with Gasteiger partial charge in [-0.1, -0.05) is 36.4 Å². The summed E-state index contributed by atoms with van der Waals surface area (Å²) in [5, 5.41) is 3.06. The molecule has 25 heavy (non-hydrogen) atoms. The van der Waals surface area contributed by atoms with Gasteiger partial charge in [-0.3, -0.25) is 9.69 Å². The van der Waals surface area contributed by atoms with Crippen LogP contribution in [0.4, 0.5) is 4.79 Å². The van der Waals surface area contributed by atoms with Crippen molar-refractivity contribution in [2.45, 2.75) is 44.0 Å². The predicted octanol–water partition coefficient (Wildman–Crippen LogP) is 2.52. The van der Waals surface area contributed by atoms with Gasteiger partial charge in [0.25, 0.3) is 0 Å². The molecular weight excluding hydrogens is 316 g/mol. The van der Waals surface area contributed by atoms with E-state index in [0.29, 0.717) is 24.3 Å². The normalized spacial score (nSPS) is 33.8. The molecule has 0 aromatic heterocycles. The summed E-state index contributed by atoms with van der Waals surface area (Å²) in [7, 11) is 2.11. The van der Waals surface area contributed by atoms with Crippen LogP contribution in [0.25, 0.3) is 0 Å². The molecular formula is C20H24N2O3. The number of allylic oxidation sites excluding steroid dienone is 1. The maximum absolute atomic E-state index is 12.2. The summed E-state index contributed by atoms with van der Waals surface area (Å²) in [6.45, 7) is 0.284. The van der Waals surface area contributed by atoms with E-state index >= 15 is 0 Å². The van der Waals surface area contributed by atoms with Crippen LogP contribution >= 0.6 is 0 Å². The largest absolute Gasteiger partial charge is 0.445 e. The number of likely N-dealkylation sites (tertiary alicyclic amines) is 1. The van der Waals surface area contributed by atoms with Crippen molar-refractivity contribution < 1.29 is 14.3 Å². The van der Waals surface area contributed by atoms with Crippen LogP contribution < -0.4 is 5.32 Å². The predicted molar refractivity (Wildman–Crippen MR) is 93.9 cm³/mol. The monoisotopic (exact) mass is 340 g/mol. The van der Waals surface area contributed by atoms with Crippen LogP contribution in [-0.2, 0) is 16.1 Å². The minimum atomic E-state index is -0.357. The van der Waals surface area contributed by atoms with Gasteiger partial charge >= 0.3 is 6.09 Å². The van der Waals surface area contributed by atoms with E-state index in [1.54, 1.807) is 6.08 Å². The zero-order valence-electron chi connectivity index (χ0n) is 14.4. The van der Waals surface area contributed by atoms with Gasteiger partial charge < -0.3 is 10.1 Å². The molecule has 3 aliphatic rings. The lowest BCUT2D eigenvalue weighted by molar-refractivity contribution is -0.116. The van der Waals surface area contributed by atoms with Crippen molar-refractivity contribution in [1.82, 2.24) is 10.2 Å². The molecule has 1 saturated carbocycles. The highest BCUT2D eigenvalue weighted by Gasteiger charge is 2.53. The van der Waals surface area contributed by atoms with Crippen LogP contribution in [0.1, 0.15) is 24.8 Å². The second-order valence-electron chi connectivity index (χ2n) is 7.39. The first-order valence-corrected chi connectivity index (χ1v) is 9.03. The SMILES string of the molecule is CN1C2C=CC(=O)CC2C2CCC(NC(=O)OCc3ccccc3)C21. The Hall–Kier alpha value is -2.14. The second-order valence-corrected chi connectivity index (χ2v) is 7.39. The Kier molecular flexibility index (Phi) is 4.34. The highest BCUT2D eigenvalue weighted by molar-refractivity contribution is 5.91. The van der Waals surface area contributed by atoms with E-state index in [-0.39, 0.29) is 30.6 Å². The van der Waals surface area contributed by atoms with Crippen LogP contribution in [0.3, 0.4) is 0 Å². The summed E-state index contributed by atoms with van der Waals surface area (Å²) in [5.41, 5.74) is 0.981. The fourth-order valence-corrected chi connectivity index (χ4v) is 4.95. The van der Waals surface area contributed by atoms with Crippen molar-refractivity contribution in [3.8, 4) is 0 Å². The third kappa shape index (κ3) is 3.09. The van der Waals surface area contributed by atoms with Crippen LogP contribution in [0.15, 0.2) is 42.5 Å². The lowest BCUT2D eigenvalue weighted by Crippen LogP contribution is -2.48. The summed E-state index contributed by atoms with van der Waals surface area (Å²) in [6.07, 6.45) is 6.04. The number of alkyl carbamates (subject to hydrolysis) is 1. The molecule has 5 heteroatoms. The van der Waals surface area contributed by atoms with E-state index in [0.717, 1.165) is 18.4 Å². The van der Waals surface area contributed by atoms with Crippen LogP contribution in [0.2, 0.25) is 0 Å². The second kappa shape index (κ2) is 6.64. The van der Waals surface area contributed by atoms with Crippen molar-refractivity contribution in [2.75, 3.05) is 7.05 Å². The maximum Gasteiger partial charge on any atom is 0.407 e. The Morgan fingerprint density at radius 1 is 1.24 bits per heavy atom. The Morgan fingerprint density at radius 3 is 2.84 bits per heavy atom. The molecule has 1 aliphatic heterocycles. The molecule has 1 N–H and O–H groups in total. The summed E-state index contributed by atoms with van der Waals surface area (Å²) < 4.78 is 5.37. The average Bonchev–Trinajstić information content (AvgIpc) is 3.14. The van der Waals surface area contributed by atoms with E-state index in [2.05, 4.69) is 17.3 Å². The quantitative estimate of drug-likeness (QED) is 0.919. The minimum absolute atomic E-state index is 0.0902. The number of amides is 1. The zero-order valence-corrected chi connectivity index (χ0v) is 14.4. The van der Waals surface area contributed by atoms with Gasteiger partial charge in [-0.25, -0.2) is 4.79 Å². The van der Waals surface area contributed by atoms with Gasteiger partial charge in [0.05, 0.1) is 0 Å². The molecule has 1 aromatic carbocycles. The molecule has 0 bridgehead atoms. The number of likely N-dealkylation sites (N-methyl/N-ethyl adjacent to an activating group) is 1. The Morgan fingerprint density at radius 2 is 2.04 bits per heavy atom. The number of benzene rings is 1. The Labute approximate surface area is 148 Å².